The third-order valence-electron chi connectivity index (χ3n) is 4.65. The van der Waals surface area contributed by atoms with Crippen LogP contribution in [0, 0.1) is 5.92 Å². The van der Waals surface area contributed by atoms with Crippen LogP contribution < -0.4 is 10.5 Å². The molecule has 0 bridgehead atoms. The predicted octanol–water partition coefficient (Wildman–Crippen LogP) is 1.75. The number of likely N-dealkylation sites (tertiary alicyclic amines) is 1. The Labute approximate surface area is 156 Å². The highest BCUT2D eigenvalue weighted by Crippen LogP contribution is 2.21. The van der Waals surface area contributed by atoms with Crippen LogP contribution in [-0.4, -0.2) is 44.1 Å². The Balaban J connectivity index is 0.00000312. The zero-order valence-corrected chi connectivity index (χ0v) is 16.4. The summed E-state index contributed by atoms with van der Waals surface area (Å²) in [4.78, 5) is 14.4. The summed E-state index contributed by atoms with van der Waals surface area (Å²) < 4.78 is 25.4. The molecular weight excluding hydrogens is 362 g/mol. The Hall–Kier alpha value is -1.15. The fraction of sp³-hybridized carbons (Fsp3) is 0.588. The predicted molar refractivity (Wildman–Crippen MR) is 102 cm³/mol. The molecule has 1 aromatic rings. The van der Waals surface area contributed by atoms with Gasteiger partial charge in [0.15, 0.2) is 0 Å². The van der Waals surface area contributed by atoms with Gasteiger partial charge in [0.2, 0.25) is 10.0 Å². The number of nitrogens with two attached hydrogens (primary N) is 1. The Morgan fingerprint density at radius 2 is 1.84 bits per heavy atom. The monoisotopic (exact) mass is 389 g/mol. The van der Waals surface area contributed by atoms with Gasteiger partial charge in [-0.25, -0.2) is 13.1 Å². The van der Waals surface area contributed by atoms with E-state index in [4.69, 9.17) is 5.73 Å². The molecule has 6 nitrogen and oxygen atoms in total. The van der Waals surface area contributed by atoms with Crippen molar-refractivity contribution in [3.8, 4) is 0 Å². The highest BCUT2D eigenvalue weighted by molar-refractivity contribution is 7.89. The summed E-state index contributed by atoms with van der Waals surface area (Å²) in [5.74, 6) is 0.572. The topological polar surface area (TPSA) is 92.5 Å². The van der Waals surface area contributed by atoms with Crippen molar-refractivity contribution in [2.75, 3.05) is 18.8 Å². The first-order chi connectivity index (χ1) is 11.3. The van der Waals surface area contributed by atoms with Crippen LogP contribution in [0.4, 0.5) is 0 Å². The van der Waals surface area contributed by atoms with Crippen LogP contribution in [0.3, 0.4) is 0 Å². The Morgan fingerprint density at radius 1 is 1.28 bits per heavy atom. The van der Waals surface area contributed by atoms with Crippen molar-refractivity contribution in [1.29, 1.82) is 0 Å². The molecule has 1 atom stereocenters. The van der Waals surface area contributed by atoms with Crippen LogP contribution in [0.5, 0.6) is 0 Å². The van der Waals surface area contributed by atoms with Crippen molar-refractivity contribution in [3.05, 3.63) is 35.4 Å². The lowest BCUT2D eigenvalue weighted by molar-refractivity contribution is 0.0681. The Kier molecular flexibility index (Phi) is 8.34. The minimum Gasteiger partial charge on any atom is -0.339 e. The maximum atomic E-state index is 12.5. The number of nitrogens with one attached hydrogen (secondary N) is 1. The van der Waals surface area contributed by atoms with Gasteiger partial charge in [0, 0.05) is 31.2 Å². The van der Waals surface area contributed by atoms with E-state index in [1.165, 1.54) is 0 Å². The summed E-state index contributed by atoms with van der Waals surface area (Å²) in [6.07, 6.45) is 1.89. The van der Waals surface area contributed by atoms with Gasteiger partial charge < -0.3 is 10.6 Å². The van der Waals surface area contributed by atoms with Gasteiger partial charge in [-0.15, -0.1) is 12.4 Å². The lowest BCUT2D eigenvalue weighted by Gasteiger charge is -2.33. The summed E-state index contributed by atoms with van der Waals surface area (Å²) in [7, 11) is -3.21. The van der Waals surface area contributed by atoms with Crippen LogP contribution in [-0.2, 0) is 16.6 Å². The minimum absolute atomic E-state index is 0. The average molecular weight is 390 g/mol. The molecule has 1 aromatic carbocycles. The number of amides is 1. The second kappa shape index (κ2) is 9.52. The van der Waals surface area contributed by atoms with Crippen molar-refractivity contribution in [2.24, 2.45) is 11.7 Å². The van der Waals surface area contributed by atoms with Crippen molar-refractivity contribution < 1.29 is 13.2 Å². The number of sulfonamides is 1. The van der Waals surface area contributed by atoms with E-state index in [1.807, 2.05) is 11.8 Å². The first-order valence-electron chi connectivity index (χ1n) is 8.43. The number of carbonyl (C=O) groups is 1. The summed E-state index contributed by atoms with van der Waals surface area (Å²) in [6, 6.07) is 7.28. The second-order valence-electron chi connectivity index (χ2n) is 6.41. The number of hydrogen-bond donors (Lipinski definition) is 2. The van der Waals surface area contributed by atoms with Gasteiger partial charge in [0.1, 0.15) is 0 Å². The van der Waals surface area contributed by atoms with E-state index in [-0.39, 0.29) is 36.7 Å². The van der Waals surface area contributed by atoms with Crippen molar-refractivity contribution in [2.45, 2.75) is 39.3 Å². The molecule has 0 radical (unpaired) electrons. The van der Waals surface area contributed by atoms with E-state index in [9.17, 15) is 13.2 Å². The van der Waals surface area contributed by atoms with Gasteiger partial charge >= 0.3 is 0 Å². The number of nitrogens with zero attached hydrogens (tertiary/aromatic N) is 1. The van der Waals surface area contributed by atoms with Crippen molar-refractivity contribution in [3.63, 3.8) is 0 Å². The number of hydrogen-bond acceptors (Lipinski definition) is 4. The molecule has 2 rings (SSSR count). The van der Waals surface area contributed by atoms with E-state index in [2.05, 4.69) is 4.72 Å². The molecule has 1 aliphatic heterocycles. The smallest absolute Gasteiger partial charge is 0.253 e. The van der Waals surface area contributed by atoms with E-state index in [0.29, 0.717) is 11.5 Å². The zero-order chi connectivity index (χ0) is 17.7. The Bertz CT molecular complexity index is 654. The SMILES string of the molecule is CCS(=O)(=O)NCc1ccc(C(=O)N2CCC(C(C)N)CC2)cc1.Cl. The van der Waals surface area contributed by atoms with E-state index in [0.717, 1.165) is 31.5 Å². The number of rotatable bonds is 6. The number of piperidine rings is 1. The lowest BCUT2D eigenvalue weighted by atomic mass is 9.90. The summed E-state index contributed by atoms with van der Waals surface area (Å²) in [5, 5.41) is 0. The molecule has 1 heterocycles. The highest BCUT2D eigenvalue weighted by atomic mass is 35.5. The van der Waals surface area contributed by atoms with Crippen molar-refractivity contribution in [1.82, 2.24) is 9.62 Å². The van der Waals surface area contributed by atoms with E-state index < -0.39 is 10.0 Å². The molecule has 1 amide bonds. The Morgan fingerprint density at radius 3 is 2.32 bits per heavy atom. The summed E-state index contributed by atoms with van der Waals surface area (Å²) in [5.41, 5.74) is 7.40. The lowest BCUT2D eigenvalue weighted by Crippen LogP contribution is -2.42. The molecule has 0 spiro atoms. The fourth-order valence-corrected chi connectivity index (χ4v) is 3.46. The normalized spacial score (nSPS) is 17.0. The first kappa shape index (κ1) is 21.9. The van der Waals surface area contributed by atoms with Gasteiger partial charge in [-0.05, 0) is 50.3 Å². The summed E-state index contributed by atoms with van der Waals surface area (Å²) >= 11 is 0. The molecule has 3 N–H and O–H groups in total. The molecule has 142 valence electrons. The average Bonchev–Trinajstić information content (AvgIpc) is 2.60. The van der Waals surface area contributed by atoms with Crippen LogP contribution in [0.2, 0.25) is 0 Å². The quantitative estimate of drug-likeness (QED) is 0.775. The number of halogens is 1. The third-order valence-corrected chi connectivity index (χ3v) is 5.99. The molecular formula is C17H28ClN3O3S. The van der Waals surface area contributed by atoms with Gasteiger partial charge in [-0.1, -0.05) is 12.1 Å². The van der Waals surface area contributed by atoms with Crippen LogP contribution in [0.1, 0.15) is 42.6 Å². The largest absolute Gasteiger partial charge is 0.339 e. The molecule has 25 heavy (non-hydrogen) atoms. The third kappa shape index (κ3) is 6.26. The standard InChI is InChI=1S/C17H27N3O3S.ClH/c1-3-24(22,23)19-12-14-4-6-16(7-5-14)17(21)20-10-8-15(9-11-20)13(2)18;/h4-7,13,15,19H,3,8-12,18H2,1-2H3;1H. The second-order valence-corrected chi connectivity index (χ2v) is 8.51. The highest BCUT2D eigenvalue weighted by Gasteiger charge is 2.25. The summed E-state index contributed by atoms with van der Waals surface area (Å²) in [6.45, 7) is 5.34. The maximum Gasteiger partial charge on any atom is 0.253 e. The molecule has 1 aliphatic rings. The van der Waals surface area contributed by atoms with E-state index >= 15 is 0 Å². The molecule has 1 unspecified atom stereocenters. The van der Waals surface area contributed by atoms with E-state index in [1.54, 1.807) is 31.2 Å². The van der Waals surface area contributed by atoms with Crippen LogP contribution >= 0.6 is 12.4 Å². The van der Waals surface area contributed by atoms with Gasteiger partial charge in [0.25, 0.3) is 5.91 Å². The molecule has 0 aliphatic carbocycles. The first-order valence-corrected chi connectivity index (χ1v) is 10.1. The van der Waals surface area contributed by atoms with Crippen LogP contribution in [0.25, 0.3) is 0 Å². The van der Waals surface area contributed by atoms with Gasteiger partial charge in [-0.3, -0.25) is 4.79 Å². The fourth-order valence-electron chi connectivity index (χ4n) is 2.87. The maximum absolute atomic E-state index is 12.5. The van der Waals surface area contributed by atoms with Gasteiger partial charge in [0.05, 0.1) is 5.75 Å². The molecule has 0 aromatic heterocycles. The van der Waals surface area contributed by atoms with Crippen molar-refractivity contribution >= 4 is 28.3 Å². The number of benzene rings is 1. The zero-order valence-electron chi connectivity index (χ0n) is 14.8. The molecule has 0 saturated carbocycles. The number of carbonyl (C=O) groups excluding carboxylic acids is 1. The molecule has 8 heteroatoms. The van der Waals surface area contributed by atoms with Gasteiger partial charge in [-0.2, -0.15) is 0 Å². The molecule has 1 fully saturated rings. The minimum atomic E-state index is -3.21. The molecule has 1 saturated heterocycles. The van der Waals surface area contributed by atoms with Crippen LogP contribution in [0.15, 0.2) is 24.3 Å².